The molecule has 10 heteroatoms. The van der Waals surface area contributed by atoms with E-state index in [0.29, 0.717) is 60.3 Å². The average Bonchev–Trinajstić information content (AvgIpc) is 2.90. The van der Waals surface area contributed by atoms with Crippen LogP contribution in [0.25, 0.3) is 22.2 Å². The Morgan fingerprint density at radius 1 is 1.16 bits per heavy atom. The van der Waals surface area contributed by atoms with Crippen molar-refractivity contribution in [3.8, 4) is 17.0 Å². The van der Waals surface area contributed by atoms with E-state index >= 15 is 0 Å². The summed E-state index contributed by atoms with van der Waals surface area (Å²) >= 11 is 6.59. The number of pyridine rings is 1. The molecule has 37 heavy (non-hydrogen) atoms. The van der Waals surface area contributed by atoms with Crippen molar-refractivity contribution in [2.24, 2.45) is 5.73 Å². The Morgan fingerprint density at radius 3 is 2.62 bits per heavy atom. The van der Waals surface area contributed by atoms with E-state index in [1.165, 1.54) is 0 Å². The molecular formula is C27H33ClN4O4S. The number of hydrogen-bond acceptors (Lipinski definition) is 6. The number of piperazine rings is 1. The Morgan fingerprint density at radius 2 is 1.95 bits per heavy atom. The van der Waals surface area contributed by atoms with Gasteiger partial charge in [0.25, 0.3) is 5.91 Å². The molecule has 1 aliphatic heterocycles. The summed E-state index contributed by atoms with van der Waals surface area (Å²) in [6, 6.07) is 12.7. The number of nitrogens with two attached hydrogens (primary N) is 1. The van der Waals surface area contributed by atoms with Crippen LogP contribution in [0, 0.1) is 0 Å². The van der Waals surface area contributed by atoms with E-state index in [2.05, 4.69) is 0 Å². The molecule has 2 amide bonds. The molecule has 4 rings (SSSR count). The van der Waals surface area contributed by atoms with Gasteiger partial charge in [0.1, 0.15) is 5.75 Å². The Balaban J connectivity index is 0.00000380. The predicted molar refractivity (Wildman–Crippen MR) is 151 cm³/mol. The van der Waals surface area contributed by atoms with Gasteiger partial charge in [0.15, 0.2) is 0 Å². The average molecular weight is 545 g/mol. The molecule has 2 aromatic carbocycles. The largest absolute Gasteiger partial charge is 0.496 e. The second-order valence-electron chi connectivity index (χ2n) is 8.86. The Bertz CT molecular complexity index is 1290. The number of halogens is 1. The number of amides is 2. The van der Waals surface area contributed by atoms with E-state index in [-0.39, 0.29) is 31.5 Å². The normalized spacial score (nSPS) is 15.3. The van der Waals surface area contributed by atoms with Gasteiger partial charge in [-0.25, -0.2) is 9.78 Å². The van der Waals surface area contributed by atoms with Crippen LogP contribution in [0.15, 0.2) is 42.5 Å². The van der Waals surface area contributed by atoms with Crippen LogP contribution in [0.3, 0.4) is 0 Å². The summed E-state index contributed by atoms with van der Waals surface area (Å²) < 4.78 is 10.6. The van der Waals surface area contributed by atoms with Crippen LogP contribution in [-0.4, -0.2) is 66.2 Å². The molecule has 3 aromatic rings. The highest BCUT2D eigenvalue weighted by Gasteiger charge is 2.31. The van der Waals surface area contributed by atoms with Crippen LogP contribution in [-0.2, 0) is 11.3 Å². The minimum Gasteiger partial charge on any atom is -0.496 e. The molecule has 2 N–H and O–H groups in total. The molecule has 0 spiro atoms. The van der Waals surface area contributed by atoms with E-state index in [9.17, 15) is 9.59 Å². The van der Waals surface area contributed by atoms with Crippen molar-refractivity contribution in [1.29, 1.82) is 0 Å². The number of benzene rings is 2. The van der Waals surface area contributed by atoms with Crippen molar-refractivity contribution in [2.75, 3.05) is 33.4 Å². The minimum atomic E-state index is -0.329. The third-order valence-corrected chi connectivity index (χ3v) is 6.69. The van der Waals surface area contributed by atoms with E-state index in [1.807, 2.05) is 44.2 Å². The van der Waals surface area contributed by atoms with Gasteiger partial charge in [-0.15, -0.1) is 0 Å². The molecule has 0 radical (unpaired) electrons. The monoisotopic (exact) mass is 544 g/mol. The number of aromatic nitrogens is 1. The lowest BCUT2D eigenvalue weighted by Crippen LogP contribution is -2.55. The third kappa shape index (κ3) is 6.11. The van der Waals surface area contributed by atoms with Crippen LogP contribution in [0.1, 0.15) is 36.2 Å². The maximum absolute atomic E-state index is 13.3. The number of carbonyl (C=O) groups excluding carboxylic acids is 2. The lowest BCUT2D eigenvalue weighted by Gasteiger charge is -2.39. The van der Waals surface area contributed by atoms with E-state index in [1.54, 1.807) is 29.0 Å². The maximum Gasteiger partial charge on any atom is 0.410 e. The zero-order valence-electron chi connectivity index (χ0n) is 21.3. The van der Waals surface area contributed by atoms with Gasteiger partial charge in [-0.05, 0) is 49.7 Å². The second kappa shape index (κ2) is 12.5. The molecule has 1 fully saturated rings. The fourth-order valence-electron chi connectivity index (χ4n) is 4.43. The van der Waals surface area contributed by atoms with E-state index < -0.39 is 0 Å². The van der Waals surface area contributed by atoms with Gasteiger partial charge in [-0.1, -0.05) is 24.6 Å². The standard InChI is InChI=1S/C27H31ClN4O4.H2S/c1-4-11-36-27(34)32-10-9-31(16-17(32)2)26(33)19-5-7-21-22(28)14-23(30-24(21)13-19)18-6-8-25(35-3)20(12-18)15-29;/h5-8,12-14,17H,4,9-11,15-16,29H2,1-3H3;1H2/t17-;/m0./s1. The summed E-state index contributed by atoms with van der Waals surface area (Å²) in [5.74, 6) is 0.609. The van der Waals surface area contributed by atoms with Gasteiger partial charge < -0.3 is 25.0 Å². The van der Waals surface area contributed by atoms with Crippen LogP contribution in [0.2, 0.25) is 5.02 Å². The number of carbonyl (C=O) groups is 2. The molecule has 1 saturated heterocycles. The number of fused-ring (bicyclic) bond motifs is 1. The molecule has 198 valence electrons. The van der Waals surface area contributed by atoms with Gasteiger partial charge >= 0.3 is 6.09 Å². The Labute approximate surface area is 229 Å². The molecule has 0 bridgehead atoms. The fraction of sp³-hybridized carbons (Fsp3) is 0.370. The minimum absolute atomic E-state index is 0. The van der Waals surface area contributed by atoms with Gasteiger partial charge in [0, 0.05) is 54.3 Å². The summed E-state index contributed by atoms with van der Waals surface area (Å²) in [4.78, 5) is 33.9. The van der Waals surface area contributed by atoms with Crippen LogP contribution >= 0.6 is 25.1 Å². The highest BCUT2D eigenvalue weighted by molar-refractivity contribution is 7.59. The molecule has 0 unspecified atom stereocenters. The molecule has 0 aliphatic carbocycles. The van der Waals surface area contributed by atoms with Crippen LogP contribution in [0.4, 0.5) is 4.79 Å². The number of methoxy groups -OCH3 is 1. The number of ether oxygens (including phenoxy) is 2. The first-order chi connectivity index (χ1) is 17.4. The van der Waals surface area contributed by atoms with Gasteiger partial charge in [-0.3, -0.25) is 4.79 Å². The van der Waals surface area contributed by atoms with Crippen LogP contribution in [0.5, 0.6) is 5.75 Å². The molecule has 1 atom stereocenters. The highest BCUT2D eigenvalue weighted by Crippen LogP contribution is 2.31. The first-order valence-electron chi connectivity index (χ1n) is 12.1. The van der Waals surface area contributed by atoms with Crippen molar-refractivity contribution >= 4 is 48.0 Å². The zero-order chi connectivity index (χ0) is 25.8. The maximum atomic E-state index is 13.3. The summed E-state index contributed by atoms with van der Waals surface area (Å²) in [5, 5.41) is 1.31. The zero-order valence-corrected chi connectivity index (χ0v) is 23.0. The lowest BCUT2D eigenvalue weighted by atomic mass is 10.0. The quantitative estimate of drug-likeness (QED) is 0.477. The van der Waals surface area contributed by atoms with Gasteiger partial charge in [0.05, 0.1) is 29.9 Å². The highest BCUT2D eigenvalue weighted by atomic mass is 35.5. The number of hydrogen-bond donors (Lipinski definition) is 1. The molecule has 1 aromatic heterocycles. The molecule has 0 saturated carbocycles. The summed E-state index contributed by atoms with van der Waals surface area (Å²) in [5.41, 5.74) is 9.43. The number of nitrogens with zero attached hydrogens (tertiary/aromatic N) is 3. The third-order valence-electron chi connectivity index (χ3n) is 6.38. The number of rotatable bonds is 6. The molecule has 2 heterocycles. The molecule has 8 nitrogen and oxygen atoms in total. The van der Waals surface area contributed by atoms with Crippen molar-refractivity contribution < 1.29 is 19.1 Å². The van der Waals surface area contributed by atoms with Gasteiger partial charge in [0.2, 0.25) is 0 Å². The van der Waals surface area contributed by atoms with E-state index in [0.717, 1.165) is 22.9 Å². The SMILES string of the molecule is CCCOC(=O)N1CCN(C(=O)c2ccc3c(Cl)cc(-c4ccc(OC)c(CN)c4)nc3c2)C[C@@H]1C.S. The van der Waals surface area contributed by atoms with Crippen molar-refractivity contribution in [3.63, 3.8) is 0 Å². The van der Waals surface area contributed by atoms with Crippen molar-refractivity contribution in [1.82, 2.24) is 14.8 Å². The van der Waals surface area contributed by atoms with Crippen molar-refractivity contribution in [2.45, 2.75) is 32.9 Å². The first-order valence-corrected chi connectivity index (χ1v) is 12.4. The smallest absolute Gasteiger partial charge is 0.410 e. The molecule has 1 aliphatic rings. The topological polar surface area (TPSA) is 98.0 Å². The van der Waals surface area contributed by atoms with Crippen LogP contribution < -0.4 is 10.5 Å². The Kier molecular flexibility index (Phi) is 9.64. The predicted octanol–water partition coefficient (Wildman–Crippen LogP) is 4.83. The first kappa shape index (κ1) is 28.6. The summed E-state index contributed by atoms with van der Waals surface area (Å²) in [7, 11) is 1.61. The summed E-state index contributed by atoms with van der Waals surface area (Å²) in [6.45, 7) is 5.90. The fourth-order valence-corrected chi connectivity index (χ4v) is 4.70. The summed E-state index contributed by atoms with van der Waals surface area (Å²) in [6.07, 6.45) is 0.442. The molecular weight excluding hydrogens is 512 g/mol. The van der Waals surface area contributed by atoms with E-state index in [4.69, 9.17) is 31.8 Å². The van der Waals surface area contributed by atoms with Gasteiger partial charge in [-0.2, -0.15) is 13.5 Å². The second-order valence-corrected chi connectivity index (χ2v) is 9.27. The Hall–Kier alpha value is -3.01. The van der Waals surface area contributed by atoms with Crippen molar-refractivity contribution in [3.05, 3.63) is 58.6 Å². The lowest BCUT2D eigenvalue weighted by molar-refractivity contribution is 0.0412.